The summed E-state index contributed by atoms with van der Waals surface area (Å²) < 4.78 is 49.5. The molecule has 358 valence electrons. The van der Waals surface area contributed by atoms with Gasteiger partial charge in [0.2, 0.25) is 5.91 Å². The number of ether oxygens (including phenoxy) is 8. The van der Waals surface area contributed by atoms with Crippen LogP contribution >= 0.6 is 0 Å². The Morgan fingerprint density at radius 3 is 2.23 bits per heavy atom. The molecular formula is C44H83N3O14. The SMILES string of the molecule is CC[C@H]1OC(=O)[C@H](C)[C@@H](O[C@H]2C[C@@](C)(OC)[C@@H](O)[C@H](C)O2)[C@H](C)[C@@H](O[C@@H]2O[C@H](C)C[C@H](N(C)C)[C@H]2O)[C@](C)(O)C[C@@H](C)CN(C)[C@H](C)[C@@H](OCCCNC(=O)COC)[C@]1(C)O. The fourth-order valence-electron chi connectivity index (χ4n) is 9.72. The molecule has 3 aliphatic heterocycles. The van der Waals surface area contributed by atoms with E-state index >= 15 is 0 Å². The predicted molar refractivity (Wildman–Crippen MR) is 227 cm³/mol. The number of aliphatic hydroxyl groups excluding tert-OH is 2. The molecule has 0 aromatic heterocycles. The minimum Gasteiger partial charge on any atom is -0.459 e. The van der Waals surface area contributed by atoms with Gasteiger partial charge in [0.1, 0.15) is 36.6 Å². The van der Waals surface area contributed by atoms with Gasteiger partial charge < -0.3 is 73.4 Å². The Bertz CT molecular complexity index is 1360. The molecule has 0 radical (unpaired) electrons. The van der Waals surface area contributed by atoms with Crippen molar-refractivity contribution in [3.05, 3.63) is 0 Å². The average molecular weight is 878 g/mol. The lowest BCUT2D eigenvalue weighted by Gasteiger charge is -2.48. The van der Waals surface area contributed by atoms with E-state index in [0.717, 1.165) is 0 Å². The van der Waals surface area contributed by atoms with Crippen molar-refractivity contribution in [2.75, 3.05) is 61.7 Å². The molecule has 61 heavy (non-hydrogen) atoms. The Kier molecular flexibility index (Phi) is 20.3. The first-order valence-corrected chi connectivity index (χ1v) is 22.3. The summed E-state index contributed by atoms with van der Waals surface area (Å²) in [5, 5.41) is 50.7. The molecule has 17 nitrogen and oxygen atoms in total. The Labute approximate surface area is 365 Å². The van der Waals surface area contributed by atoms with E-state index in [1.165, 1.54) is 14.2 Å². The van der Waals surface area contributed by atoms with Crippen LogP contribution in [0.3, 0.4) is 0 Å². The molecule has 3 heterocycles. The van der Waals surface area contributed by atoms with Crippen molar-refractivity contribution in [3.63, 3.8) is 0 Å². The Morgan fingerprint density at radius 1 is 0.984 bits per heavy atom. The van der Waals surface area contributed by atoms with Crippen molar-refractivity contribution >= 4 is 11.9 Å². The first-order chi connectivity index (χ1) is 28.3. The highest BCUT2D eigenvalue weighted by Crippen LogP contribution is 2.40. The van der Waals surface area contributed by atoms with Crippen molar-refractivity contribution in [1.29, 1.82) is 0 Å². The zero-order valence-electron chi connectivity index (χ0n) is 39.8. The number of rotatable bonds is 14. The third-order valence-corrected chi connectivity index (χ3v) is 13.4. The number of aliphatic hydroxyl groups is 4. The van der Waals surface area contributed by atoms with Crippen molar-refractivity contribution in [1.82, 2.24) is 15.1 Å². The number of hydrogen-bond acceptors (Lipinski definition) is 16. The van der Waals surface area contributed by atoms with Gasteiger partial charge in [0, 0.05) is 58.3 Å². The van der Waals surface area contributed by atoms with Crippen LogP contribution in [0.15, 0.2) is 0 Å². The minimum absolute atomic E-state index is 0.0560. The van der Waals surface area contributed by atoms with Gasteiger partial charge in [-0.1, -0.05) is 20.8 Å². The van der Waals surface area contributed by atoms with E-state index in [1.807, 2.05) is 60.7 Å². The maximum atomic E-state index is 14.6. The maximum absolute atomic E-state index is 14.6. The Morgan fingerprint density at radius 2 is 1.64 bits per heavy atom. The molecule has 0 aromatic carbocycles. The Balaban J connectivity index is 2.14. The number of methoxy groups -OCH3 is 2. The molecule has 17 heteroatoms. The average Bonchev–Trinajstić information content (AvgIpc) is 3.17. The summed E-state index contributed by atoms with van der Waals surface area (Å²) >= 11 is 0. The van der Waals surface area contributed by atoms with Crippen molar-refractivity contribution in [3.8, 4) is 0 Å². The van der Waals surface area contributed by atoms with Gasteiger partial charge in [-0.05, 0) is 101 Å². The van der Waals surface area contributed by atoms with Crippen molar-refractivity contribution in [2.24, 2.45) is 17.8 Å². The summed E-state index contributed by atoms with van der Waals surface area (Å²) in [7, 11) is 8.66. The number of nitrogens with one attached hydrogen (secondary N) is 1. The van der Waals surface area contributed by atoms with Crippen LogP contribution in [0.5, 0.6) is 0 Å². The van der Waals surface area contributed by atoms with E-state index < -0.39 is 96.0 Å². The number of amides is 1. The zero-order valence-corrected chi connectivity index (χ0v) is 39.8. The van der Waals surface area contributed by atoms with Crippen LogP contribution < -0.4 is 5.32 Å². The number of esters is 1. The third-order valence-electron chi connectivity index (χ3n) is 13.4. The Hall–Kier alpha value is -1.58. The van der Waals surface area contributed by atoms with Gasteiger partial charge >= 0.3 is 5.97 Å². The lowest BCUT2D eigenvalue weighted by molar-refractivity contribution is -0.318. The highest BCUT2D eigenvalue weighted by Gasteiger charge is 2.53. The number of nitrogens with zero attached hydrogens (tertiary/aromatic N) is 2. The standard InChI is InChI=1S/C44H83N3O14/c1-16-32-44(10,53)39(56-19-17-18-45-33(48)24-54-14)29(6)47(13)23-25(2)21-42(8,52)38(61-41-35(49)31(46(11)12)20-26(3)57-41)27(4)36(28(5)40(51)59-32)60-34-22-43(9,55-15)37(50)30(7)58-34/h25-32,34-39,41,49-50,52-53H,16-24H2,1-15H3,(H,45,48)/t25-,26-,27+,28-,29-,30+,31+,32-,34+,35-,36+,37+,38-,39-,41+,42-,43-,44-/m1/s1. The predicted octanol–water partition coefficient (Wildman–Crippen LogP) is 2.08. The zero-order chi connectivity index (χ0) is 46.2. The molecule has 5 N–H and O–H groups in total. The second-order valence-corrected chi connectivity index (χ2v) is 19.1. The van der Waals surface area contributed by atoms with Crippen LogP contribution in [0.25, 0.3) is 0 Å². The maximum Gasteiger partial charge on any atom is 0.311 e. The normalized spacial score (nSPS) is 43.9. The minimum atomic E-state index is -1.69. The molecule has 0 saturated carbocycles. The summed E-state index contributed by atoms with van der Waals surface area (Å²) in [6.45, 7) is 19.0. The molecule has 0 spiro atoms. The first-order valence-electron chi connectivity index (χ1n) is 22.3. The summed E-state index contributed by atoms with van der Waals surface area (Å²) in [5.74, 6) is -2.86. The van der Waals surface area contributed by atoms with E-state index in [1.54, 1.807) is 34.6 Å². The fourth-order valence-corrected chi connectivity index (χ4v) is 9.72. The van der Waals surface area contributed by atoms with Crippen LogP contribution in [0, 0.1) is 17.8 Å². The van der Waals surface area contributed by atoms with Crippen LogP contribution in [0.1, 0.15) is 101 Å². The second-order valence-electron chi connectivity index (χ2n) is 19.1. The smallest absolute Gasteiger partial charge is 0.311 e. The number of carbonyl (C=O) groups excluding carboxylic acids is 2. The van der Waals surface area contributed by atoms with E-state index in [2.05, 4.69) is 10.2 Å². The van der Waals surface area contributed by atoms with Gasteiger partial charge in [0.15, 0.2) is 12.6 Å². The van der Waals surface area contributed by atoms with Crippen LogP contribution in [-0.2, 0) is 47.5 Å². The fraction of sp³-hybridized carbons (Fsp3) is 0.955. The lowest BCUT2D eigenvalue weighted by atomic mass is 9.77. The lowest BCUT2D eigenvalue weighted by Crippen LogP contribution is -2.60. The van der Waals surface area contributed by atoms with Gasteiger partial charge in [-0.25, -0.2) is 0 Å². The highest BCUT2D eigenvalue weighted by atomic mass is 16.7. The molecule has 0 bridgehead atoms. The first kappa shape index (κ1) is 53.8. The van der Waals surface area contributed by atoms with Crippen LogP contribution in [-0.4, -0.2) is 194 Å². The molecule has 0 aliphatic carbocycles. The summed E-state index contributed by atoms with van der Waals surface area (Å²) in [5.41, 5.74) is -4.31. The molecule has 0 aromatic rings. The van der Waals surface area contributed by atoms with Crippen molar-refractivity contribution < 1.29 is 67.9 Å². The number of hydrogen-bond donors (Lipinski definition) is 5. The van der Waals surface area contributed by atoms with E-state index in [0.29, 0.717) is 25.9 Å². The molecule has 3 fully saturated rings. The monoisotopic (exact) mass is 878 g/mol. The highest BCUT2D eigenvalue weighted by molar-refractivity contribution is 5.77. The van der Waals surface area contributed by atoms with Gasteiger partial charge in [0.25, 0.3) is 0 Å². The molecule has 18 atom stereocenters. The van der Waals surface area contributed by atoms with Crippen LogP contribution in [0.4, 0.5) is 0 Å². The summed E-state index contributed by atoms with van der Waals surface area (Å²) in [6, 6.07) is -0.696. The number of carbonyl (C=O) groups is 2. The largest absolute Gasteiger partial charge is 0.459 e. The quantitative estimate of drug-likeness (QED) is 0.125. The van der Waals surface area contributed by atoms with Gasteiger partial charge in [-0.15, -0.1) is 0 Å². The van der Waals surface area contributed by atoms with Gasteiger partial charge in [0.05, 0.1) is 41.5 Å². The summed E-state index contributed by atoms with van der Waals surface area (Å²) in [6.07, 6.45) is -7.41. The summed E-state index contributed by atoms with van der Waals surface area (Å²) in [4.78, 5) is 30.6. The molecule has 0 unspecified atom stereocenters. The van der Waals surface area contributed by atoms with Crippen molar-refractivity contribution in [2.45, 2.75) is 192 Å². The molecular weight excluding hydrogens is 794 g/mol. The second kappa shape index (κ2) is 23.0. The molecule has 3 aliphatic rings. The topological polar surface area (TPSA) is 207 Å². The van der Waals surface area contributed by atoms with Gasteiger partial charge in [-0.2, -0.15) is 0 Å². The molecule has 3 rings (SSSR count). The third kappa shape index (κ3) is 13.7. The number of cyclic esters (lactones) is 1. The van der Waals surface area contributed by atoms with Gasteiger partial charge in [-0.3, -0.25) is 9.59 Å². The van der Waals surface area contributed by atoms with Crippen LogP contribution in [0.2, 0.25) is 0 Å². The van der Waals surface area contributed by atoms with E-state index in [9.17, 15) is 30.0 Å². The van der Waals surface area contributed by atoms with E-state index in [-0.39, 0.29) is 56.4 Å². The molecule has 3 saturated heterocycles. The van der Waals surface area contributed by atoms with E-state index in [4.69, 9.17) is 37.9 Å². The number of likely N-dealkylation sites (N-methyl/N-ethyl adjacent to an activating group) is 2. The molecule has 1 amide bonds.